The van der Waals surface area contributed by atoms with Gasteiger partial charge in [-0.3, -0.25) is 9.59 Å². The molecule has 6 N–H and O–H groups in total. The van der Waals surface area contributed by atoms with Gasteiger partial charge in [0.15, 0.2) is 0 Å². The van der Waals surface area contributed by atoms with Gasteiger partial charge in [0.25, 0.3) is 0 Å². The van der Waals surface area contributed by atoms with Gasteiger partial charge in [-0.25, -0.2) is 0 Å². The van der Waals surface area contributed by atoms with Crippen molar-refractivity contribution in [1.29, 1.82) is 0 Å². The van der Waals surface area contributed by atoms with E-state index in [1.54, 1.807) is 30.3 Å². The molecule has 1 saturated carbocycles. The second-order valence-corrected chi connectivity index (χ2v) is 13.1. The molecule has 3 aromatic carbocycles. The fourth-order valence-corrected chi connectivity index (χ4v) is 7.62. The van der Waals surface area contributed by atoms with E-state index in [1.165, 1.54) is 11.8 Å². The smallest absolute Gasteiger partial charge is 0.314 e. The number of ether oxygens (including phenoxy) is 2. The van der Waals surface area contributed by atoms with Crippen molar-refractivity contribution < 1.29 is 39.5 Å². The topological polar surface area (TPSA) is 160 Å². The number of hydrogen-bond donors (Lipinski definition) is 5. The molecule has 3 aromatic rings. The van der Waals surface area contributed by atoms with E-state index in [0.29, 0.717) is 46.9 Å². The summed E-state index contributed by atoms with van der Waals surface area (Å²) in [5.74, 6) is -0.707. The minimum atomic E-state index is -1.50. The average molecular weight is 656 g/mol. The molecule has 9 nitrogen and oxygen atoms in total. The second-order valence-electron chi connectivity index (χ2n) is 11.7. The van der Waals surface area contributed by atoms with Crippen LogP contribution in [0.2, 0.25) is 5.02 Å². The quantitative estimate of drug-likeness (QED) is 0.186. The van der Waals surface area contributed by atoms with E-state index in [4.69, 9.17) is 26.8 Å². The van der Waals surface area contributed by atoms with Gasteiger partial charge in [-0.15, -0.1) is 11.8 Å². The Morgan fingerprint density at radius 2 is 1.71 bits per heavy atom. The Labute approximate surface area is 271 Å². The molecule has 2 aliphatic rings. The second kappa shape index (κ2) is 14.1. The molecule has 1 aliphatic heterocycles. The summed E-state index contributed by atoms with van der Waals surface area (Å²) in [6.07, 6.45) is -3.14. The molecule has 2 fully saturated rings. The predicted molar refractivity (Wildman–Crippen MR) is 171 cm³/mol. The van der Waals surface area contributed by atoms with E-state index in [2.05, 4.69) is 0 Å². The van der Waals surface area contributed by atoms with Crippen LogP contribution in [0.1, 0.15) is 71.3 Å². The van der Waals surface area contributed by atoms with Crippen LogP contribution in [0.5, 0.6) is 5.75 Å². The molecule has 0 radical (unpaired) electrons. The number of aliphatic hydroxyl groups excluding tert-OH is 3. The Morgan fingerprint density at radius 3 is 2.36 bits per heavy atom. The van der Waals surface area contributed by atoms with Crippen molar-refractivity contribution in [3.05, 3.63) is 93.5 Å². The highest BCUT2D eigenvalue weighted by molar-refractivity contribution is 7.99. The van der Waals surface area contributed by atoms with Crippen molar-refractivity contribution in [1.82, 2.24) is 0 Å². The maximum atomic E-state index is 12.3. The number of rotatable bonds is 11. The fraction of sp³-hybridized carbons (Fsp3) is 0.412. The van der Waals surface area contributed by atoms with Gasteiger partial charge in [-0.1, -0.05) is 54.8 Å². The van der Waals surface area contributed by atoms with Crippen molar-refractivity contribution in [3.8, 4) is 5.75 Å². The summed E-state index contributed by atoms with van der Waals surface area (Å²) in [5.41, 5.74) is 7.81. The summed E-state index contributed by atoms with van der Waals surface area (Å²) in [4.78, 5) is 25.0. The minimum absolute atomic E-state index is 0.0951. The van der Waals surface area contributed by atoms with Crippen molar-refractivity contribution in [3.63, 3.8) is 0 Å². The SMILES string of the molecule is CCOc1ccc(Cc2cc([C@@H]3O[C@H](CSc4cc(C5(C(=O)O)CCCC5)ccc4C(N)=O)[C@H](O)[C@@H](O)[C@H]3O)ccc2Cl)cc1. The van der Waals surface area contributed by atoms with Gasteiger partial charge in [0.05, 0.1) is 23.7 Å². The number of primary amides is 1. The van der Waals surface area contributed by atoms with Crippen LogP contribution in [0, 0.1) is 0 Å². The molecule has 5 rings (SSSR count). The summed E-state index contributed by atoms with van der Waals surface area (Å²) in [6.45, 7) is 2.49. The Kier molecular flexibility index (Phi) is 10.4. The van der Waals surface area contributed by atoms with Crippen molar-refractivity contribution >= 4 is 35.2 Å². The number of amides is 1. The molecular formula is C34H38ClNO8S. The van der Waals surface area contributed by atoms with Crippen molar-refractivity contribution in [2.75, 3.05) is 12.4 Å². The third-order valence-corrected chi connectivity index (χ3v) is 10.3. The van der Waals surface area contributed by atoms with Crippen LogP contribution >= 0.6 is 23.4 Å². The standard InChI is InChI=1S/C34H38ClNO8S/c1-2-43-23-9-5-19(6-10-23)15-21-16-20(7-12-25(21)35)31-30(39)29(38)28(37)26(44-31)18-45-27-17-22(8-11-24(27)32(36)40)34(33(41)42)13-3-4-14-34/h5-12,16-17,26,28-31,37-39H,2-4,13-15,18H2,1H3,(H2,36,40)(H,41,42)/t26-,28+,29-,30-,31+/m1/s1. The van der Waals surface area contributed by atoms with Crippen LogP contribution < -0.4 is 10.5 Å². The number of halogens is 1. The van der Waals surface area contributed by atoms with E-state index in [-0.39, 0.29) is 11.3 Å². The number of nitrogens with two attached hydrogens (primary N) is 1. The lowest BCUT2D eigenvalue weighted by Crippen LogP contribution is -2.54. The number of benzene rings is 3. The molecule has 5 atom stereocenters. The summed E-state index contributed by atoms with van der Waals surface area (Å²) >= 11 is 7.71. The first kappa shape index (κ1) is 33.2. The molecular weight excluding hydrogens is 618 g/mol. The van der Waals surface area contributed by atoms with Gasteiger partial charge in [0.2, 0.25) is 5.91 Å². The molecule has 0 unspecified atom stereocenters. The Hall–Kier alpha value is -3.12. The van der Waals surface area contributed by atoms with Crippen LogP contribution in [0.25, 0.3) is 0 Å². The molecule has 240 valence electrons. The lowest BCUT2D eigenvalue weighted by Gasteiger charge is -2.41. The van der Waals surface area contributed by atoms with Gasteiger partial charge in [0, 0.05) is 15.7 Å². The number of carboxylic acids is 1. The zero-order chi connectivity index (χ0) is 32.3. The summed E-state index contributed by atoms with van der Waals surface area (Å²) < 4.78 is 11.7. The minimum Gasteiger partial charge on any atom is -0.494 e. The van der Waals surface area contributed by atoms with E-state index in [9.17, 15) is 30.0 Å². The third-order valence-electron chi connectivity index (χ3n) is 8.81. The molecule has 0 bridgehead atoms. The summed E-state index contributed by atoms with van der Waals surface area (Å²) in [7, 11) is 0. The van der Waals surface area contributed by atoms with Crippen LogP contribution in [-0.4, -0.2) is 69.1 Å². The Balaban J connectivity index is 1.36. The van der Waals surface area contributed by atoms with Crippen molar-refractivity contribution in [2.45, 2.75) is 79.9 Å². The normalized spacial score (nSPS) is 24.3. The number of hydrogen-bond acceptors (Lipinski definition) is 8. The first-order chi connectivity index (χ1) is 21.5. The summed E-state index contributed by atoms with van der Waals surface area (Å²) in [6, 6.07) is 17.8. The Morgan fingerprint density at radius 1 is 1.00 bits per heavy atom. The maximum Gasteiger partial charge on any atom is 0.314 e. The molecule has 1 amide bonds. The fourth-order valence-electron chi connectivity index (χ4n) is 6.28. The number of carboxylic acid groups (broad SMARTS) is 1. The number of carbonyl (C=O) groups is 2. The largest absolute Gasteiger partial charge is 0.494 e. The Bertz CT molecular complexity index is 1530. The van der Waals surface area contributed by atoms with Crippen LogP contribution in [0.15, 0.2) is 65.6 Å². The lowest BCUT2D eigenvalue weighted by atomic mass is 9.79. The van der Waals surface area contributed by atoms with Crippen LogP contribution in [0.3, 0.4) is 0 Å². The highest BCUT2D eigenvalue weighted by atomic mass is 35.5. The van der Waals surface area contributed by atoms with Gasteiger partial charge in [-0.05, 0) is 78.8 Å². The number of aliphatic carboxylic acids is 1. The molecule has 1 aliphatic carbocycles. The van der Waals surface area contributed by atoms with E-state index in [1.807, 2.05) is 37.3 Å². The van der Waals surface area contributed by atoms with E-state index < -0.39 is 47.8 Å². The molecule has 1 saturated heterocycles. The molecule has 45 heavy (non-hydrogen) atoms. The average Bonchev–Trinajstić information content (AvgIpc) is 3.53. The molecule has 11 heteroatoms. The first-order valence-electron chi connectivity index (χ1n) is 15.0. The van der Waals surface area contributed by atoms with Gasteiger partial charge in [0.1, 0.15) is 30.2 Å². The highest BCUT2D eigenvalue weighted by Crippen LogP contribution is 2.43. The van der Waals surface area contributed by atoms with Crippen LogP contribution in [-0.2, 0) is 21.4 Å². The zero-order valence-corrected chi connectivity index (χ0v) is 26.5. The first-order valence-corrected chi connectivity index (χ1v) is 16.4. The number of carbonyl (C=O) groups excluding carboxylic acids is 1. The highest BCUT2D eigenvalue weighted by Gasteiger charge is 2.45. The zero-order valence-electron chi connectivity index (χ0n) is 24.9. The van der Waals surface area contributed by atoms with Gasteiger partial charge in [-0.2, -0.15) is 0 Å². The predicted octanol–water partition coefficient (Wildman–Crippen LogP) is 4.64. The maximum absolute atomic E-state index is 12.3. The van der Waals surface area contributed by atoms with E-state index >= 15 is 0 Å². The third kappa shape index (κ3) is 7.01. The lowest BCUT2D eigenvalue weighted by molar-refractivity contribution is -0.218. The monoisotopic (exact) mass is 655 g/mol. The molecule has 0 aromatic heterocycles. The summed E-state index contributed by atoms with van der Waals surface area (Å²) in [5, 5.41) is 43.3. The molecule has 0 spiro atoms. The van der Waals surface area contributed by atoms with Crippen LogP contribution in [0.4, 0.5) is 0 Å². The van der Waals surface area contributed by atoms with E-state index in [0.717, 1.165) is 29.7 Å². The molecule has 1 heterocycles. The number of thioether (sulfide) groups is 1. The van der Waals surface area contributed by atoms with Gasteiger partial charge >= 0.3 is 5.97 Å². The van der Waals surface area contributed by atoms with Crippen molar-refractivity contribution in [2.24, 2.45) is 5.73 Å². The van der Waals surface area contributed by atoms with Gasteiger partial charge < -0.3 is 35.6 Å². The number of aliphatic hydroxyl groups is 3.